The maximum absolute atomic E-state index is 13.2. The van der Waals surface area contributed by atoms with E-state index in [2.05, 4.69) is 74.7 Å². The summed E-state index contributed by atoms with van der Waals surface area (Å²) in [6, 6.07) is -0.709. The number of hydrogen-bond donors (Lipinski definition) is 3. The number of aliphatic hydroxyl groups is 2. The Bertz CT molecular complexity index is 1080. The molecule has 0 fully saturated rings. The summed E-state index contributed by atoms with van der Waals surface area (Å²) in [5.74, 6) is -0.498. The second-order valence-corrected chi connectivity index (χ2v) is 18.7. The largest absolute Gasteiger partial charge is 0.462 e. The van der Waals surface area contributed by atoms with Crippen molar-refractivity contribution in [3.63, 3.8) is 0 Å². The van der Waals surface area contributed by atoms with Gasteiger partial charge in [0.05, 0.1) is 25.2 Å². The first-order valence-electron chi connectivity index (χ1n) is 27.4. The van der Waals surface area contributed by atoms with Gasteiger partial charge in [0, 0.05) is 6.42 Å². The highest BCUT2D eigenvalue weighted by Gasteiger charge is 2.24. The zero-order valence-electron chi connectivity index (χ0n) is 42.0. The predicted octanol–water partition coefficient (Wildman–Crippen LogP) is 16.6. The van der Waals surface area contributed by atoms with E-state index >= 15 is 0 Å². The Hall–Kier alpha value is -2.18. The van der Waals surface area contributed by atoms with E-state index in [0.29, 0.717) is 19.3 Å². The van der Waals surface area contributed by atoms with Crippen molar-refractivity contribution in [2.45, 2.75) is 296 Å². The number of rotatable bonds is 49. The highest BCUT2D eigenvalue weighted by molar-refractivity contribution is 5.77. The molecule has 0 aromatic carbocycles. The van der Waals surface area contributed by atoms with Crippen LogP contribution < -0.4 is 5.32 Å². The van der Waals surface area contributed by atoms with E-state index in [0.717, 1.165) is 83.5 Å². The molecule has 63 heavy (non-hydrogen) atoms. The highest BCUT2D eigenvalue weighted by atomic mass is 16.5. The molecule has 0 aromatic heterocycles. The van der Waals surface area contributed by atoms with Gasteiger partial charge in [-0.3, -0.25) is 9.59 Å². The number of hydrogen-bond acceptors (Lipinski definition) is 5. The molecule has 3 N–H and O–H groups in total. The molecule has 6 nitrogen and oxygen atoms in total. The van der Waals surface area contributed by atoms with E-state index in [9.17, 15) is 19.8 Å². The minimum atomic E-state index is -0.794. The van der Waals surface area contributed by atoms with Crippen LogP contribution in [0.15, 0.2) is 48.6 Å². The Balaban J connectivity index is 4.61. The Morgan fingerprint density at radius 2 is 0.857 bits per heavy atom. The average molecular weight is 884 g/mol. The molecule has 0 saturated heterocycles. The summed E-state index contributed by atoms with van der Waals surface area (Å²) < 4.78 is 5.94. The zero-order chi connectivity index (χ0) is 45.9. The van der Waals surface area contributed by atoms with Gasteiger partial charge in [0.25, 0.3) is 0 Å². The monoisotopic (exact) mass is 884 g/mol. The van der Waals surface area contributed by atoms with Gasteiger partial charge in [0.2, 0.25) is 5.91 Å². The van der Waals surface area contributed by atoms with Crippen LogP contribution in [0.2, 0.25) is 0 Å². The van der Waals surface area contributed by atoms with Crippen LogP contribution in [0.5, 0.6) is 0 Å². The number of amides is 1. The zero-order valence-corrected chi connectivity index (χ0v) is 42.0. The Labute approximate surface area is 391 Å². The summed E-state index contributed by atoms with van der Waals surface area (Å²) in [4.78, 5) is 26.2. The van der Waals surface area contributed by atoms with Crippen molar-refractivity contribution < 1.29 is 24.5 Å². The molecule has 0 saturated carbocycles. The lowest BCUT2D eigenvalue weighted by molar-refractivity contribution is -0.151. The molecule has 6 heteroatoms. The van der Waals surface area contributed by atoms with Crippen LogP contribution in [0.25, 0.3) is 0 Å². The minimum absolute atomic E-state index is 0.0626. The number of aliphatic hydroxyl groups excluding tert-OH is 2. The number of ether oxygens (including phenoxy) is 1. The Morgan fingerprint density at radius 3 is 1.33 bits per heavy atom. The van der Waals surface area contributed by atoms with Crippen molar-refractivity contribution in [1.29, 1.82) is 0 Å². The van der Waals surface area contributed by atoms with E-state index in [1.807, 2.05) is 0 Å². The van der Waals surface area contributed by atoms with Gasteiger partial charge in [-0.1, -0.05) is 230 Å². The van der Waals surface area contributed by atoms with Crippen LogP contribution in [0.3, 0.4) is 0 Å². The number of nitrogens with one attached hydrogen (secondary N) is 1. The summed E-state index contributed by atoms with van der Waals surface area (Å²) in [7, 11) is 0. The quantitative estimate of drug-likeness (QED) is 0.0245. The third kappa shape index (κ3) is 46.2. The molecule has 3 unspecified atom stereocenters. The summed E-state index contributed by atoms with van der Waals surface area (Å²) in [6.07, 6.45) is 61.7. The number of esters is 1. The standard InChI is InChI=1S/C57H105NO5/c1-4-7-10-13-16-19-22-24-26-27-28-30-32-35-38-41-44-47-50-57(62)63-53(48-45-42-39-36-34-31-29-25-23-20-17-14-11-8-5-2)51-56(61)58-54(52-59)55(60)49-46-43-40-37-33-21-18-15-12-9-6-3/h17,20,25-30,53-55,59-60H,4-16,18-19,21-24,31-52H2,1-3H3,(H,58,61)/b20-17-,27-26+,29-25-,30-28+. The minimum Gasteiger partial charge on any atom is -0.462 e. The molecular formula is C57H105NO5. The lowest BCUT2D eigenvalue weighted by Crippen LogP contribution is -2.46. The van der Waals surface area contributed by atoms with Crippen LogP contribution in [0.1, 0.15) is 278 Å². The van der Waals surface area contributed by atoms with Gasteiger partial charge < -0.3 is 20.3 Å². The van der Waals surface area contributed by atoms with Gasteiger partial charge in [-0.05, 0) is 83.5 Å². The molecule has 0 heterocycles. The van der Waals surface area contributed by atoms with Gasteiger partial charge in [-0.15, -0.1) is 0 Å². The Morgan fingerprint density at radius 1 is 0.476 bits per heavy atom. The van der Waals surface area contributed by atoms with Crippen molar-refractivity contribution >= 4 is 11.9 Å². The van der Waals surface area contributed by atoms with E-state index in [1.165, 1.54) is 148 Å². The summed E-state index contributed by atoms with van der Waals surface area (Å²) >= 11 is 0. The molecule has 0 spiro atoms. The number of carbonyl (C=O) groups excluding carboxylic acids is 2. The van der Waals surface area contributed by atoms with Gasteiger partial charge in [0.1, 0.15) is 6.10 Å². The Kier molecular flexibility index (Phi) is 49.1. The summed E-state index contributed by atoms with van der Waals surface area (Å²) in [5, 5.41) is 23.8. The normalized spacial score (nSPS) is 13.5. The van der Waals surface area contributed by atoms with Crippen molar-refractivity contribution in [3.05, 3.63) is 48.6 Å². The first kappa shape index (κ1) is 60.8. The molecule has 1 amide bonds. The molecule has 0 aliphatic carbocycles. The fraction of sp³-hybridized carbons (Fsp3) is 0.825. The molecule has 0 aromatic rings. The predicted molar refractivity (Wildman–Crippen MR) is 273 cm³/mol. The second-order valence-electron chi connectivity index (χ2n) is 18.7. The smallest absolute Gasteiger partial charge is 0.306 e. The van der Waals surface area contributed by atoms with Crippen molar-refractivity contribution in [2.24, 2.45) is 0 Å². The molecule has 0 aliphatic heterocycles. The molecule has 0 aliphatic rings. The van der Waals surface area contributed by atoms with Crippen molar-refractivity contribution in [3.8, 4) is 0 Å². The highest BCUT2D eigenvalue weighted by Crippen LogP contribution is 2.18. The summed E-state index contributed by atoms with van der Waals surface area (Å²) in [6.45, 7) is 6.45. The lowest BCUT2D eigenvalue weighted by Gasteiger charge is -2.24. The lowest BCUT2D eigenvalue weighted by atomic mass is 10.0. The van der Waals surface area contributed by atoms with Gasteiger partial charge in [-0.2, -0.15) is 0 Å². The van der Waals surface area contributed by atoms with Gasteiger partial charge >= 0.3 is 5.97 Å². The van der Waals surface area contributed by atoms with Crippen LogP contribution in [-0.4, -0.2) is 46.9 Å². The van der Waals surface area contributed by atoms with E-state index in [-0.39, 0.29) is 24.9 Å². The number of carbonyl (C=O) groups is 2. The maximum atomic E-state index is 13.2. The van der Waals surface area contributed by atoms with E-state index in [1.54, 1.807) is 0 Å². The molecule has 368 valence electrons. The third-order valence-corrected chi connectivity index (χ3v) is 12.4. The fourth-order valence-electron chi connectivity index (χ4n) is 8.22. The summed E-state index contributed by atoms with van der Waals surface area (Å²) in [5.41, 5.74) is 0. The van der Waals surface area contributed by atoms with Crippen LogP contribution in [0.4, 0.5) is 0 Å². The molecule has 0 rings (SSSR count). The first-order valence-corrected chi connectivity index (χ1v) is 27.4. The number of unbranched alkanes of at least 4 members (excludes halogenated alkanes) is 30. The van der Waals surface area contributed by atoms with Crippen LogP contribution in [0, 0.1) is 0 Å². The third-order valence-electron chi connectivity index (χ3n) is 12.4. The van der Waals surface area contributed by atoms with E-state index < -0.39 is 18.2 Å². The second kappa shape index (κ2) is 50.8. The van der Waals surface area contributed by atoms with Crippen LogP contribution >= 0.6 is 0 Å². The van der Waals surface area contributed by atoms with Crippen LogP contribution in [-0.2, 0) is 14.3 Å². The average Bonchev–Trinajstić information content (AvgIpc) is 3.28. The molecular weight excluding hydrogens is 779 g/mol. The maximum Gasteiger partial charge on any atom is 0.306 e. The fourth-order valence-corrected chi connectivity index (χ4v) is 8.22. The van der Waals surface area contributed by atoms with Gasteiger partial charge in [-0.25, -0.2) is 0 Å². The van der Waals surface area contributed by atoms with E-state index in [4.69, 9.17) is 4.74 Å². The molecule has 0 bridgehead atoms. The van der Waals surface area contributed by atoms with Crippen molar-refractivity contribution in [1.82, 2.24) is 5.32 Å². The topological polar surface area (TPSA) is 95.9 Å². The van der Waals surface area contributed by atoms with Gasteiger partial charge in [0.15, 0.2) is 0 Å². The number of allylic oxidation sites excluding steroid dienone is 8. The van der Waals surface area contributed by atoms with Crippen molar-refractivity contribution in [2.75, 3.05) is 6.61 Å². The molecule has 0 radical (unpaired) electrons. The SMILES string of the molecule is CCCCC/C=C\C/C=C\CCCCCCCC(CC(=O)NC(CO)C(O)CCCCCCCCCCCCC)OC(=O)CCCCCCC/C=C/C=C/CCCCCCCCC. The first-order chi connectivity index (χ1) is 31.0. The molecule has 3 atom stereocenters.